The molecule has 0 aromatic heterocycles. The van der Waals surface area contributed by atoms with Crippen LogP contribution in [0.4, 0.5) is 10.1 Å². The van der Waals surface area contributed by atoms with E-state index in [0.29, 0.717) is 0 Å². The van der Waals surface area contributed by atoms with Gasteiger partial charge in [-0.3, -0.25) is 4.79 Å². The van der Waals surface area contributed by atoms with Crippen LogP contribution in [-0.4, -0.2) is 5.91 Å². The average Bonchev–Trinajstić information content (AvgIpc) is 2.24. The Morgan fingerprint density at radius 2 is 2.00 bits per heavy atom. The monoisotopic (exact) mass is 260 g/mol. The topological polar surface area (TPSA) is 52.9 Å². The third-order valence-electron chi connectivity index (χ3n) is 1.84. The highest BCUT2D eigenvalue weighted by molar-refractivity contribution is 6.35. The van der Waals surface area contributed by atoms with Gasteiger partial charge >= 0.3 is 0 Å². The first-order chi connectivity index (χ1) is 7.45. The third kappa shape index (κ3) is 2.84. The smallest absolute Gasteiger partial charge is 0.241 e. The Bertz CT molecular complexity index is 447. The Hall–Kier alpha value is -1.31. The number of carbonyl (C=O) groups is 1. The molecule has 6 heteroatoms. The van der Waals surface area contributed by atoms with Crippen LogP contribution in [0, 0.1) is 23.1 Å². The van der Waals surface area contributed by atoms with E-state index in [2.05, 4.69) is 5.32 Å². The fourth-order valence-corrected chi connectivity index (χ4v) is 1.42. The number of hydrogen-bond donors (Lipinski definition) is 1. The van der Waals surface area contributed by atoms with E-state index < -0.39 is 17.6 Å². The highest BCUT2D eigenvalue weighted by Crippen LogP contribution is 2.27. The molecule has 84 valence electrons. The first-order valence-corrected chi connectivity index (χ1v) is 5.06. The lowest BCUT2D eigenvalue weighted by molar-refractivity contribution is -0.117. The van der Waals surface area contributed by atoms with E-state index in [4.69, 9.17) is 28.5 Å². The van der Waals surface area contributed by atoms with Crippen molar-refractivity contribution in [3.05, 3.63) is 28.0 Å². The summed E-state index contributed by atoms with van der Waals surface area (Å²) >= 11 is 11.1. The summed E-state index contributed by atoms with van der Waals surface area (Å²) in [6.45, 7) is 1.45. The lowest BCUT2D eigenvalue weighted by Crippen LogP contribution is -2.18. The van der Waals surface area contributed by atoms with Crippen LogP contribution < -0.4 is 5.32 Å². The summed E-state index contributed by atoms with van der Waals surface area (Å²) in [4.78, 5) is 11.3. The lowest BCUT2D eigenvalue weighted by atomic mass is 10.2. The maximum Gasteiger partial charge on any atom is 0.241 e. The molecular formula is C10H7Cl2FN2O. The molecule has 0 aliphatic carbocycles. The normalized spacial score (nSPS) is 11.7. The maximum atomic E-state index is 13.0. The van der Waals surface area contributed by atoms with Gasteiger partial charge in [-0.25, -0.2) is 4.39 Å². The minimum atomic E-state index is -0.803. The van der Waals surface area contributed by atoms with E-state index in [1.54, 1.807) is 6.07 Å². The molecule has 0 aliphatic rings. The molecule has 0 saturated carbocycles. The van der Waals surface area contributed by atoms with Crippen molar-refractivity contribution in [1.82, 2.24) is 0 Å². The molecule has 1 aromatic rings. The molecule has 0 spiro atoms. The van der Waals surface area contributed by atoms with Crippen molar-refractivity contribution in [3.8, 4) is 6.07 Å². The summed E-state index contributed by atoms with van der Waals surface area (Å²) in [5.41, 5.74) is 0.253. The van der Waals surface area contributed by atoms with Gasteiger partial charge in [0.2, 0.25) is 5.91 Å². The second kappa shape index (κ2) is 5.15. The number of nitrogens with zero attached hydrogens (tertiary/aromatic N) is 1. The molecular weight excluding hydrogens is 254 g/mol. The number of amides is 1. The molecule has 0 heterocycles. The second-order valence-corrected chi connectivity index (χ2v) is 3.91. The van der Waals surface area contributed by atoms with Crippen LogP contribution in [0.5, 0.6) is 0 Å². The summed E-state index contributed by atoms with van der Waals surface area (Å²) in [5.74, 6) is -2.04. The van der Waals surface area contributed by atoms with Crippen LogP contribution in [-0.2, 0) is 4.79 Å². The predicted molar refractivity (Wildman–Crippen MR) is 59.8 cm³/mol. The maximum absolute atomic E-state index is 13.0. The number of benzene rings is 1. The number of halogens is 3. The fraction of sp³-hybridized carbons (Fsp3) is 0.200. The zero-order chi connectivity index (χ0) is 12.3. The van der Waals surface area contributed by atoms with Gasteiger partial charge < -0.3 is 5.32 Å². The second-order valence-electron chi connectivity index (χ2n) is 3.09. The minimum Gasteiger partial charge on any atom is -0.325 e. The molecule has 0 aliphatic heterocycles. The van der Waals surface area contributed by atoms with E-state index in [1.165, 1.54) is 19.1 Å². The van der Waals surface area contributed by atoms with E-state index in [-0.39, 0.29) is 15.7 Å². The molecule has 16 heavy (non-hydrogen) atoms. The van der Waals surface area contributed by atoms with Crippen molar-refractivity contribution in [2.75, 3.05) is 5.32 Å². The number of nitriles is 1. The first kappa shape index (κ1) is 12.8. The molecule has 1 rings (SSSR count). The van der Waals surface area contributed by atoms with Crippen LogP contribution in [0.25, 0.3) is 0 Å². The standard InChI is InChI=1S/C10H7Cl2FN2O/c1-5(4-14)10(16)15-6-2-7(11)9(13)8(12)3-6/h2-3,5H,1H3,(H,15,16). The van der Waals surface area contributed by atoms with Crippen molar-refractivity contribution >= 4 is 34.8 Å². The van der Waals surface area contributed by atoms with Crippen molar-refractivity contribution < 1.29 is 9.18 Å². The molecule has 1 amide bonds. The molecule has 1 unspecified atom stereocenters. The minimum absolute atomic E-state index is 0.188. The number of rotatable bonds is 2. The summed E-state index contributed by atoms with van der Waals surface area (Å²) in [7, 11) is 0. The first-order valence-electron chi connectivity index (χ1n) is 4.30. The number of carbonyl (C=O) groups excluding carboxylic acids is 1. The summed E-state index contributed by atoms with van der Waals surface area (Å²) in [6.07, 6.45) is 0. The fourth-order valence-electron chi connectivity index (χ4n) is 0.937. The van der Waals surface area contributed by atoms with Gasteiger partial charge in [-0.15, -0.1) is 0 Å². The van der Waals surface area contributed by atoms with Gasteiger partial charge in [0, 0.05) is 5.69 Å². The predicted octanol–water partition coefficient (Wildman–Crippen LogP) is 3.23. The average molecular weight is 261 g/mol. The van der Waals surface area contributed by atoms with Gasteiger partial charge in [0.1, 0.15) is 5.92 Å². The zero-order valence-electron chi connectivity index (χ0n) is 8.22. The van der Waals surface area contributed by atoms with Crippen LogP contribution >= 0.6 is 23.2 Å². The van der Waals surface area contributed by atoms with Gasteiger partial charge in [0.15, 0.2) is 5.82 Å². The van der Waals surface area contributed by atoms with Gasteiger partial charge in [-0.2, -0.15) is 5.26 Å². The van der Waals surface area contributed by atoms with Gasteiger partial charge in [-0.1, -0.05) is 23.2 Å². The number of hydrogen-bond acceptors (Lipinski definition) is 2. The summed E-state index contributed by atoms with van der Waals surface area (Å²) in [5, 5.41) is 10.5. The SMILES string of the molecule is CC(C#N)C(=O)Nc1cc(Cl)c(F)c(Cl)c1. The number of anilines is 1. The molecule has 0 fully saturated rings. The van der Waals surface area contributed by atoms with Crippen LogP contribution in [0.15, 0.2) is 12.1 Å². The zero-order valence-corrected chi connectivity index (χ0v) is 9.73. The van der Waals surface area contributed by atoms with Crippen molar-refractivity contribution in [3.63, 3.8) is 0 Å². The highest BCUT2D eigenvalue weighted by atomic mass is 35.5. The van der Waals surface area contributed by atoms with E-state index in [9.17, 15) is 9.18 Å². The summed E-state index contributed by atoms with van der Waals surface area (Å²) in [6, 6.07) is 4.23. The van der Waals surface area contributed by atoms with Gasteiger partial charge in [-0.05, 0) is 19.1 Å². The molecule has 0 radical (unpaired) electrons. The van der Waals surface area contributed by atoms with Crippen LogP contribution in [0.1, 0.15) is 6.92 Å². The molecule has 1 aromatic carbocycles. The van der Waals surface area contributed by atoms with E-state index in [1.807, 2.05) is 0 Å². The molecule has 1 N–H and O–H groups in total. The molecule has 1 atom stereocenters. The van der Waals surface area contributed by atoms with Gasteiger partial charge in [0.25, 0.3) is 0 Å². The molecule has 0 bridgehead atoms. The van der Waals surface area contributed by atoms with E-state index in [0.717, 1.165) is 0 Å². The Labute approximate surface area is 102 Å². The van der Waals surface area contributed by atoms with Gasteiger partial charge in [0.05, 0.1) is 16.1 Å². The quantitative estimate of drug-likeness (QED) is 0.831. The van der Waals surface area contributed by atoms with Crippen molar-refractivity contribution in [2.45, 2.75) is 6.92 Å². The third-order valence-corrected chi connectivity index (χ3v) is 2.39. The van der Waals surface area contributed by atoms with Crippen molar-refractivity contribution in [2.24, 2.45) is 5.92 Å². The lowest BCUT2D eigenvalue weighted by Gasteiger charge is -2.07. The Morgan fingerprint density at radius 1 is 1.50 bits per heavy atom. The van der Waals surface area contributed by atoms with E-state index >= 15 is 0 Å². The molecule has 3 nitrogen and oxygen atoms in total. The highest BCUT2D eigenvalue weighted by Gasteiger charge is 2.14. The van der Waals surface area contributed by atoms with Crippen LogP contribution in [0.3, 0.4) is 0 Å². The summed E-state index contributed by atoms with van der Waals surface area (Å²) < 4.78 is 13.0. The Kier molecular flexibility index (Phi) is 4.11. The Morgan fingerprint density at radius 3 is 2.44 bits per heavy atom. The van der Waals surface area contributed by atoms with Crippen molar-refractivity contribution in [1.29, 1.82) is 5.26 Å². The largest absolute Gasteiger partial charge is 0.325 e. The van der Waals surface area contributed by atoms with Crippen LogP contribution in [0.2, 0.25) is 10.0 Å². The molecule has 0 saturated heterocycles. The number of nitrogens with one attached hydrogen (secondary N) is 1. The Balaban J connectivity index is 2.92.